The Morgan fingerprint density at radius 1 is 1.11 bits per heavy atom. The van der Waals surface area contributed by atoms with Crippen molar-refractivity contribution < 1.29 is 9.59 Å². The van der Waals surface area contributed by atoms with E-state index in [1.165, 1.54) is 0 Å². The first-order valence-corrected chi connectivity index (χ1v) is 9.72. The Labute approximate surface area is 163 Å². The molecule has 0 atom stereocenters. The van der Waals surface area contributed by atoms with Crippen molar-refractivity contribution in [3.63, 3.8) is 0 Å². The van der Waals surface area contributed by atoms with E-state index in [4.69, 9.17) is 4.98 Å². The molecule has 2 aromatic carbocycles. The van der Waals surface area contributed by atoms with Crippen molar-refractivity contribution in [3.8, 4) is 0 Å². The van der Waals surface area contributed by atoms with Crippen molar-refractivity contribution in [1.82, 2.24) is 4.98 Å². The zero-order chi connectivity index (χ0) is 19.3. The van der Waals surface area contributed by atoms with Crippen molar-refractivity contribution in [2.24, 2.45) is 0 Å². The molecule has 5 rings (SSSR count). The Morgan fingerprint density at radius 3 is 2.71 bits per heavy atom. The third kappa shape index (κ3) is 2.93. The molecule has 1 aliphatic heterocycles. The summed E-state index contributed by atoms with van der Waals surface area (Å²) in [6.45, 7) is 2.28. The average molecular weight is 371 g/mol. The van der Waals surface area contributed by atoms with E-state index in [-0.39, 0.29) is 11.8 Å². The van der Waals surface area contributed by atoms with Crippen molar-refractivity contribution in [2.75, 3.05) is 16.8 Å². The zero-order valence-electron chi connectivity index (χ0n) is 15.7. The Kier molecular flexibility index (Phi) is 3.90. The Morgan fingerprint density at radius 2 is 1.93 bits per heavy atom. The van der Waals surface area contributed by atoms with E-state index in [0.717, 1.165) is 52.8 Å². The number of nitrogens with one attached hydrogen (secondary N) is 1. The fraction of sp³-hybridized carbons (Fsp3) is 0.261. The lowest BCUT2D eigenvalue weighted by Gasteiger charge is -2.15. The van der Waals surface area contributed by atoms with E-state index in [0.29, 0.717) is 18.0 Å². The van der Waals surface area contributed by atoms with Gasteiger partial charge in [0.05, 0.1) is 11.1 Å². The molecule has 2 amide bonds. The first-order chi connectivity index (χ1) is 13.6. The molecule has 0 saturated heterocycles. The largest absolute Gasteiger partial charge is 0.322 e. The minimum Gasteiger partial charge on any atom is -0.322 e. The molecule has 2 aliphatic rings. The molecule has 140 valence electrons. The quantitative estimate of drug-likeness (QED) is 0.748. The zero-order valence-corrected chi connectivity index (χ0v) is 15.7. The lowest BCUT2D eigenvalue weighted by atomic mass is 10.0. The standard InChI is InChI=1S/C23H21N3O2/c1-14(27)26-11-10-16-12-17(8-9-22(16)26)24-23(28)19-13-21(15-6-7-15)25-20-5-3-2-4-18(19)20/h2-5,8-9,12-13,15H,6-7,10-11H2,1H3,(H,24,28). The second-order valence-electron chi connectivity index (χ2n) is 7.60. The summed E-state index contributed by atoms with van der Waals surface area (Å²) in [7, 11) is 0. The number of hydrogen-bond donors (Lipinski definition) is 1. The molecular weight excluding hydrogens is 350 g/mol. The molecule has 1 fully saturated rings. The molecule has 0 bridgehead atoms. The third-order valence-corrected chi connectivity index (χ3v) is 5.59. The van der Waals surface area contributed by atoms with Crippen LogP contribution in [0.3, 0.4) is 0 Å². The number of fused-ring (bicyclic) bond motifs is 2. The molecule has 1 aliphatic carbocycles. The van der Waals surface area contributed by atoms with E-state index in [2.05, 4.69) is 5.32 Å². The first kappa shape index (κ1) is 16.9. The molecule has 0 spiro atoms. The van der Waals surface area contributed by atoms with Crippen LogP contribution in [0, 0.1) is 0 Å². The molecule has 1 aromatic heterocycles. The van der Waals surface area contributed by atoms with Crippen LogP contribution in [0.15, 0.2) is 48.5 Å². The number of rotatable bonds is 3. The second kappa shape index (κ2) is 6.44. The summed E-state index contributed by atoms with van der Waals surface area (Å²) in [5, 5.41) is 3.91. The fourth-order valence-electron chi connectivity index (χ4n) is 3.98. The third-order valence-electron chi connectivity index (χ3n) is 5.59. The highest BCUT2D eigenvalue weighted by molar-refractivity contribution is 6.12. The maximum absolute atomic E-state index is 13.1. The van der Waals surface area contributed by atoms with E-state index < -0.39 is 0 Å². The number of benzene rings is 2. The van der Waals surface area contributed by atoms with Gasteiger partial charge >= 0.3 is 0 Å². The molecule has 3 aromatic rings. The summed E-state index contributed by atoms with van der Waals surface area (Å²) in [6.07, 6.45) is 3.09. The molecule has 0 radical (unpaired) electrons. The SMILES string of the molecule is CC(=O)N1CCc2cc(NC(=O)c3cc(C4CC4)nc4ccccc34)ccc21. The van der Waals surface area contributed by atoms with Crippen LogP contribution in [-0.4, -0.2) is 23.3 Å². The van der Waals surface area contributed by atoms with Crippen LogP contribution in [0.5, 0.6) is 0 Å². The van der Waals surface area contributed by atoms with Gasteiger partial charge in [-0.1, -0.05) is 18.2 Å². The van der Waals surface area contributed by atoms with Crippen molar-refractivity contribution in [3.05, 3.63) is 65.4 Å². The average Bonchev–Trinajstić information content (AvgIpc) is 3.46. The first-order valence-electron chi connectivity index (χ1n) is 9.72. The van der Waals surface area contributed by atoms with Gasteiger partial charge in [-0.05, 0) is 55.2 Å². The van der Waals surface area contributed by atoms with E-state index in [9.17, 15) is 9.59 Å². The highest BCUT2D eigenvalue weighted by atomic mass is 16.2. The molecule has 5 heteroatoms. The molecule has 2 heterocycles. The highest BCUT2D eigenvalue weighted by Crippen LogP contribution is 2.40. The highest BCUT2D eigenvalue weighted by Gasteiger charge is 2.27. The van der Waals surface area contributed by atoms with Crippen molar-refractivity contribution in [1.29, 1.82) is 0 Å². The Balaban J connectivity index is 1.47. The predicted octanol–water partition coefficient (Wildman–Crippen LogP) is 4.27. The van der Waals surface area contributed by atoms with Gasteiger partial charge in [-0.15, -0.1) is 0 Å². The Bertz CT molecular complexity index is 1120. The van der Waals surface area contributed by atoms with Crippen LogP contribution in [0.25, 0.3) is 10.9 Å². The van der Waals surface area contributed by atoms with Gasteiger partial charge in [0.15, 0.2) is 0 Å². The van der Waals surface area contributed by atoms with E-state index in [1.54, 1.807) is 11.8 Å². The number of para-hydroxylation sites is 1. The summed E-state index contributed by atoms with van der Waals surface area (Å²) in [4.78, 5) is 31.3. The molecule has 28 heavy (non-hydrogen) atoms. The maximum Gasteiger partial charge on any atom is 0.256 e. The van der Waals surface area contributed by atoms with Gasteiger partial charge in [-0.3, -0.25) is 14.6 Å². The number of carbonyl (C=O) groups is 2. The number of hydrogen-bond acceptors (Lipinski definition) is 3. The van der Waals surface area contributed by atoms with Crippen LogP contribution in [-0.2, 0) is 11.2 Å². The summed E-state index contributed by atoms with van der Waals surface area (Å²) >= 11 is 0. The number of pyridine rings is 1. The van der Waals surface area contributed by atoms with Gasteiger partial charge in [-0.25, -0.2) is 0 Å². The summed E-state index contributed by atoms with van der Waals surface area (Å²) in [6, 6.07) is 15.5. The molecule has 1 saturated carbocycles. The lowest BCUT2D eigenvalue weighted by Crippen LogP contribution is -2.25. The number of aromatic nitrogens is 1. The van der Waals surface area contributed by atoms with E-state index in [1.807, 2.05) is 48.5 Å². The van der Waals surface area contributed by atoms with Crippen LogP contribution >= 0.6 is 0 Å². The Hall–Kier alpha value is -3.21. The van der Waals surface area contributed by atoms with Crippen LogP contribution in [0.1, 0.15) is 47.3 Å². The minimum absolute atomic E-state index is 0.0476. The molecule has 5 nitrogen and oxygen atoms in total. The molecule has 1 N–H and O–H groups in total. The van der Waals surface area contributed by atoms with Crippen LogP contribution < -0.4 is 10.2 Å². The smallest absolute Gasteiger partial charge is 0.256 e. The predicted molar refractivity (Wildman–Crippen MR) is 110 cm³/mol. The lowest BCUT2D eigenvalue weighted by molar-refractivity contribution is -0.116. The van der Waals surface area contributed by atoms with Gasteiger partial charge in [0.1, 0.15) is 0 Å². The molecule has 0 unspecified atom stereocenters. The second-order valence-corrected chi connectivity index (χ2v) is 7.60. The normalized spacial score (nSPS) is 15.5. The minimum atomic E-state index is -0.123. The van der Waals surface area contributed by atoms with Crippen molar-refractivity contribution in [2.45, 2.75) is 32.1 Å². The topological polar surface area (TPSA) is 62.3 Å². The van der Waals surface area contributed by atoms with Gasteiger partial charge in [0.25, 0.3) is 5.91 Å². The summed E-state index contributed by atoms with van der Waals surface area (Å²) < 4.78 is 0. The van der Waals surface area contributed by atoms with Gasteiger partial charge < -0.3 is 10.2 Å². The number of amides is 2. The maximum atomic E-state index is 13.1. The van der Waals surface area contributed by atoms with Gasteiger partial charge in [-0.2, -0.15) is 0 Å². The van der Waals surface area contributed by atoms with Crippen molar-refractivity contribution >= 4 is 34.1 Å². The summed E-state index contributed by atoms with van der Waals surface area (Å²) in [5.74, 6) is 0.405. The summed E-state index contributed by atoms with van der Waals surface area (Å²) in [5.41, 5.74) is 5.32. The number of nitrogens with zero attached hydrogens (tertiary/aromatic N) is 2. The monoisotopic (exact) mass is 371 g/mol. The fourth-order valence-corrected chi connectivity index (χ4v) is 3.98. The molecular formula is C23H21N3O2. The van der Waals surface area contributed by atoms with Crippen LogP contribution in [0.4, 0.5) is 11.4 Å². The van der Waals surface area contributed by atoms with E-state index >= 15 is 0 Å². The number of carbonyl (C=O) groups excluding carboxylic acids is 2. The number of anilines is 2. The van der Waals surface area contributed by atoms with Gasteiger partial charge in [0, 0.05) is 41.8 Å². The van der Waals surface area contributed by atoms with Gasteiger partial charge in [0.2, 0.25) is 5.91 Å². The van der Waals surface area contributed by atoms with Crippen LogP contribution in [0.2, 0.25) is 0 Å².